The second-order valence-corrected chi connectivity index (χ2v) is 3.93. The number of aryl methyl sites for hydroxylation is 1. The average Bonchev–Trinajstić information content (AvgIpc) is 2.57. The summed E-state index contributed by atoms with van der Waals surface area (Å²) in [7, 11) is 3.62. The quantitative estimate of drug-likeness (QED) is 0.607. The third kappa shape index (κ3) is 2.89. The lowest BCUT2D eigenvalue weighted by Crippen LogP contribution is -2.29. The highest BCUT2D eigenvalue weighted by Gasteiger charge is 2.14. The maximum Gasteiger partial charge on any atom is 0.270 e. The Balaban J connectivity index is 2.63. The van der Waals surface area contributed by atoms with E-state index in [1.165, 1.54) is 0 Å². The summed E-state index contributed by atoms with van der Waals surface area (Å²) in [6, 6.07) is 1.70. The highest BCUT2D eigenvalue weighted by atomic mass is 16.2. The second kappa shape index (κ2) is 5.39. The summed E-state index contributed by atoms with van der Waals surface area (Å²) in [5, 5.41) is 0. The Morgan fingerprint density at radius 3 is 2.88 bits per heavy atom. The topological polar surface area (TPSA) is 51.3 Å². The molecule has 0 bridgehead atoms. The largest absolute Gasteiger partial charge is 0.397 e. The molecule has 0 saturated carbocycles. The Hall–Kier alpha value is -1.71. The van der Waals surface area contributed by atoms with E-state index in [2.05, 4.69) is 6.58 Å². The van der Waals surface area contributed by atoms with Crippen LogP contribution >= 0.6 is 0 Å². The molecule has 0 aliphatic heterocycles. The SMILES string of the molecule is C=CCCCN(C)C(=O)c1cc(N)cn1C. The van der Waals surface area contributed by atoms with Crippen molar-refractivity contribution in [1.29, 1.82) is 0 Å². The number of allylic oxidation sites excluding steroid dienone is 1. The van der Waals surface area contributed by atoms with E-state index in [4.69, 9.17) is 5.73 Å². The summed E-state index contributed by atoms with van der Waals surface area (Å²) in [5.74, 6) is 0.00302. The van der Waals surface area contributed by atoms with Gasteiger partial charge in [0.15, 0.2) is 0 Å². The predicted molar refractivity (Wildman–Crippen MR) is 66.2 cm³/mol. The lowest BCUT2D eigenvalue weighted by Gasteiger charge is -2.16. The molecule has 0 saturated heterocycles. The Kier molecular flexibility index (Phi) is 4.17. The standard InChI is InChI=1S/C12H19N3O/c1-4-5-6-7-14(2)12(16)11-8-10(13)9-15(11)3/h4,8-9H,1,5-7,13H2,2-3H3. The molecule has 1 amide bonds. The highest BCUT2D eigenvalue weighted by molar-refractivity contribution is 5.93. The zero-order chi connectivity index (χ0) is 12.1. The molecule has 0 aliphatic carbocycles. The van der Waals surface area contributed by atoms with E-state index >= 15 is 0 Å². The average molecular weight is 221 g/mol. The van der Waals surface area contributed by atoms with Crippen molar-refractivity contribution in [3.05, 3.63) is 30.6 Å². The number of anilines is 1. The van der Waals surface area contributed by atoms with Crippen molar-refractivity contribution in [3.63, 3.8) is 0 Å². The minimum absolute atomic E-state index is 0.00302. The molecular formula is C12H19N3O. The van der Waals surface area contributed by atoms with Crippen LogP contribution in [0.3, 0.4) is 0 Å². The number of hydrogen-bond donors (Lipinski definition) is 1. The predicted octanol–water partition coefficient (Wildman–Crippen LogP) is 1.65. The van der Waals surface area contributed by atoms with Gasteiger partial charge in [0, 0.05) is 26.8 Å². The molecule has 1 heterocycles. The van der Waals surface area contributed by atoms with Crippen LogP contribution < -0.4 is 5.73 Å². The Morgan fingerprint density at radius 2 is 2.38 bits per heavy atom. The van der Waals surface area contributed by atoms with Gasteiger partial charge in [-0.2, -0.15) is 0 Å². The fraction of sp³-hybridized carbons (Fsp3) is 0.417. The molecule has 0 atom stereocenters. The van der Waals surface area contributed by atoms with Gasteiger partial charge in [-0.25, -0.2) is 0 Å². The van der Waals surface area contributed by atoms with Gasteiger partial charge in [-0.15, -0.1) is 6.58 Å². The molecule has 1 rings (SSSR count). The van der Waals surface area contributed by atoms with E-state index in [1.807, 2.05) is 13.1 Å². The molecule has 0 radical (unpaired) electrons. The number of carbonyl (C=O) groups excluding carboxylic acids is 1. The zero-order valence-corrected chi connectivity index (χ0v) is 9.94. The van der Waals surface area contributed by atoms with Gasteiger partial charge >= 0.3 is 0 Å². The fourth-order valence-electron chi connectivity index (χ4n) is 1.57. The fourth-order valence-corrected chi connectivity index (χ4v) is 1.57. The molecule has 0 fully saturated rings. The van der Waals surface area contributed by atoms with Gasteiger partial charge in [-0.05, 0) is 18.9 Å². The van der Waals surface area contributed by atoms with Crippen molar-refractivity contribution in [3.8, 4) is 0 Å². The lowest BCUT2D eigenvalue weighted by atomic mass is 10.3. The third-order valence-electron chi connectivity index (χ3n) is 2.49. The van der Waals surface area contributed by atoms with Gasteiger partial charge < -0.3 is 15.2 Å². The van der Waals surface area contributed by atoms with Crippen molar-refractivity contribution < 1.29 is 4.79 Å². The molecule has 4 nitrogen and oxygen atoms in total. The summed E-state index contributed by atoms with van der Waals surface area (Å²) in [4.78, 5) is 13.7. The zero-order valence-electron chi connectivity index (χ0n) is 9.94. The highest BCUT2D eigenvalue weighted by Crippen LogP contribution is 2.11. The van der Waals surface area contributed by atoms with Gasteiger partial charge in [0.05, 0.1) is 5.69 Å². The van der Waals surface area contributed by atoms with E-state index < -0.39 is 0 Å². The van der Waals surface area contributed by atoms with Crippen LogP contribution in [0.1, 0.15) is 23.3 Å². The van der Waals surface area contributed by atoms with Crippen LogP contribution in [0.5, 0.6) is 0 Å². The molecule has 88 valence electrons. The number of unbranched alkanes of at least 4 members (excludes halogenated alkanes) is 1. The number of nitrogens with two attached hydrogens (primary N) is 1. The Bertz CT molecular complexity index is 382. The van der Waals surface area contributed by atoms with E-state index in [-0.39, 0.29) is 5.91 Å². The van der Waals surface area contributed by atoms with E-state index in [1.54, 1.807) is 28.8 Å². The molecule has 0 aliphatic rings. The van der Waals surface area contributed by atoms with Crippen molar-refractivity contribution in [1.82, 2.24) is 9.47 Å². The Labute approximate surface area is 96.3 Å². The maximum atomic E-state index is 12.0. The first-order chi connectivity index (χ1) is 7.56. The summed E-state index contributed by atoms with van der Waals surface area (Å²) in [5.41, 5.74) is 6.87. The van der Waals surface area contributed by atoms with Crippen LogP contribution in [-0.4, -0.2) is 29.0 Å². The maximum absolute atomic E-state index is 12.0. The van der Waals surface area contributed by atoms with Crippen LogP contribution in [0.2, 0.25) is 0 Å². The number of nitrogens with zero attached hydrogens (tertiary/aromatic N) is 2. The molecule has 0 aromatic carbocycles. The number of nitrogen functional groups attached to an aromatic ring is 1. The second-order valence-electron chi connectivity index (χ2n) is 3.93. The molecule has 16 heavy (non-hydrogen) atoms. The number of amides is 1. The smallest absolute Gasteiger partial charge is 0.270 e. The van der Waals surface area contributed by atoms with Crippen molar-refractivity contribution >= 4 is 11.6 Å². The van der Waals surface area contributed by atoms with Gasteiger partial charge in [0.25, 0.3) is 5.91 Å². The number of hydrogen-bond acceptors (Lipinski definition) is 2. The van der Waals surface area contributed by atoms with Crippen molar-refractivity contribution in [2.24, 2.45) is 7.05 Å². The number of rotatable bonds is 5. The van der Waals surface area contributed by atoms with E-state index in [0.717, 1.165) is 19.4 Å². The minimum atomic E-state index is 0.00302. The van der Waals surface area contributed by atoms with Crippen LogP contribution in [0.25, 0.3) is 0 Å². The van der Waals surface area contributed by atoms with Crippen molar-refractivity contribution in [2.45, 2.75) is 12.8 Å². The van der Waals surface area contributed by atoms with Gasteiger partial charge in [-0.1, -0.05) is 6.08 Å². The van der Waals surface area contributed by atoms with E-state index in [0.29, 0.717) is 11.4 Å². The monoisotopic (exact) mass is 221 g/mol. The molecule has 1 aromatic rings. The van der Waals surface area contributed by atoms with Gasteiger partial charge in [-0.3, -0.25) is 4.79 Å². The van der Waals surface area contributed by atoms with Gasteiger partial charge in [0.1, 0.15) is 5.69 Å². The van der Waals surface area contributed by atoms with E-state index in [9.17, 15) is 4.79 Å². The number of carbonyl (C=O) groups is 1. The van der Waals surface area contributed by atoms with Crippen molar-refractivity contribution in [2.75, 3.05) is 19.3 Å². The Morgan fingerprint density at radius 1 is 1.69 bits per heavy atom. The molecule has 2 N–H and O–H groups in total. The lowest BCUT2D eigenvalue weighted by molar-refractivity contribution is 0.0784. The minimum Gasteiger partial charge on any atom is -0.397 e. The number of aromatic nitrogens is 1. The first-order valence-electron chi connectivity index (χ1n) is 5.34. The molecule has 1 aromatic heterocycles. The van der Waals surface area contributed by atoms with Crippen LogP contribution in [0.4, 0.5) is 5.69 Å². The first-order valence-corrected chi connectivity index (χ1v) is 5.34. The summed E-state index contributed by atoms with van der Waals surface area (Å²) >= 11 is 0. The summed E-state index contributed by atoms with van der Waals surface area (Å²) in [6.45, 7) is 4.39. The van der Waals surface area contributed by atoms with Crippen LogP contribution in [-0.2, 0) is 7.05 Å². The molecular weight excluding hydrogens is 202 g/mol. The third-order valence-corrected chi connectivity index (χ3v) is 2.49. The normalized spacial score (nSPS) is 10.1. The van der Waals surface area contributed by atoms with Crippen LogP contribution in [0, 0.1) is 0 Å². The summed E-state index contributed by atoms with van der Waals surface area (Å²) < 4.78 is 1.75. The summed E-state index contributed by atoms with van der Waals surface area (Å²) in [6.07, 6.45) is 5.46. The first kappa shape index (κ1) is 12.4. The van der Waals surface area contributed by atoms with Gasteiger partial charge in [0.2, 0.25) is 0 Å². The molecule has 0 unspecified atom stereocenters. The molecule has 0 spiro atoms. The molecule has 4 heteroatoms. The van der Waals surface area contributed by atoms with Crippen LogP contribution in [0.15, 0.2) is 24.9 Å².